The summed E-state index contributed by atoms with van der Waals surface area (Å²) in [6.45, 7) is 5.25. The maximum atomic E-state index is 13.3. The monoisotopic (exact) mass is 535 g/mol. The second-order valence-electron chi connectivity index (χ2n) is 9.62. The highest BCUT2D eigenvalue weighted by molar-refractivity contribution is 7.89. The van der Waals surface area contributed by atoms with E-state index in [1.165, 1.54) is 29.1 Å². The fourth-order valence-electron chi connectivity index (χ4n) is 5.44. The van der Waals surface area contributed by atoms with Gasteiger partial charge in [0.15, 0.2) is 0 Å². The molecule has 0 bridgehead atoms. The Labute approximate surface area is 222 Å². The van der Waals surface area contributed by atoms with Crippen molar-refractivity contribution in [2.45, 2.75) is 44.0 Å². The summed E-state index contributed by atoms with van der Waals surface area (Å²) in [5, 5.41) is 4.63. The molecule has 5 rings (SSSR count). The van der Waals surface area contributed by atoms with Crippen molar-refractivity contribution < 1.29 is 13.2 Å². The number of halogens is 1. The third kappa shape index (κ3) is 5.17. The summed E-state index contributed by atoms with van der Waals surface area (Å²) < 4.78 is 30.5. The van der Waals surface area contributed by atoms with Crippen molar-refractivity contribution >= 4 is 44.1 Å². The van der Waals surface area contributed by atoms with E-state index in [1.807, 2.05) is 18.2 Å². The number of piperidine rings is 1. The molecule has 1 saturated heterocycles. The molecule has 192 valence electrons. The summed E-state index contributed by atoms with van der Waals surface area (Å²) in [5.41, 5.74) is 5.44. The molecule has 6 nitrogen and oxygen atoms in total. The molecule has 37 heavy (non-hydrogen) atoms. The van der Waals surface area contributed by atoms with E-state index in [1.54, 1.807) is 28.6 Å². The molecule has 0 saturated carbocycles. The number of sulfonamides is 1. The summed E-state index contributed by atoms with van der Waals surface area (Å²) in [7, 11) is -3.60. The lowest BCUT2D eigenvalue weighted by atomic mass is 9.88. The van der Waals surface area contributed by atoms with Gasteiger partial charge in [0, 0.05) is 53.9 Å². The number of benzene rings is 3. The van der Waals surface area contributed by atoms with Crippen LogP contribution in [0.5, 0.6) is 0 Å². The molecule has 1 aliphatic rings. The standard InChI is InChI=1S/C29H30ClN3O3S/c1-20-29(27-8-3-4-9-28(27)33(20)19-22-6-5-7-24(30)18-22)23-14-16-32(17-15-23)37(35,36)26-12-10-25(11-13-26)31-21(2)34/h3-13,18,23H,14-17,19H2,1-2H3,(H,31,34). The average molecular weight is 536 g/mol. The van der Waals surface area contributed by atoms with Crippen LogP contribution >= 0.6 is 11.6 Å². The highest BCUT2D eigenvalue weighted by atomic mass is 35.5. The van der Waals surface area contributed by atoms with Crippen LogP contribution in [0.1, 0.15) is 42.5 Å². The Morgan fingerprint density at radius 2 is 1.70 bits per heavy atom. The number of hydrogen-bond donors (Lipinski definition) is 1. The van der Waals surface area contributed by atoms with Crippen molar-refractivity contribution in [1.82, 2.24) is 8.87 Å². The fourth-order valence-corrected chi connectivity index (χ4v) is 7.12. The Morgan fingerprint density at radius 3 is 2.38 bits per heavy atom. The second-order valence-corrected chi connectivity index (χ2v) is 12.0. The first kappa shape index (κ1) is 25.5. The molecule has 1 fully saturated rings. The molecule has 1 aliphatic heterocycles. The van der Waals surface area contributed by atoms with Crippen molar-refractivity contribution in [3.63, 3.8) is 0 Å². The lowest BCUT2D eigenvalue weighted by Crippen LogP contribution is -2.38. The topological polar surface area (TPSA) is 71.4 Å². The van der Waals surface area contributed by atoms with E-state index < -0.39 is 10.0 Å². The van der Waals surface area contributed by atoms with Gasteiger partial charge in [-0.05, 0) is 79.3 Å². The van der Waals surface area contributed by atoms with Crippen LogP contribution in [0, 0.1) is 6.92 Å². The van der Waals surface area contributed by atoms with Gasteiger partial charge in [-0.2, -0.15) is 4.31 Å². The van der Waals surface area contributed by atoms with Crippen LogP contribution < -0.4 is 5.32 Å². The molecule has 0 unspecified atom stereocenters. The Hall–Kier alpha value is -3.13. The number of hydrogen-bond acceptors (Lipinski definition) is 3. The molecule has 1 aromatic heterocycles. The number of nitrogens with zero attached hydrogens (tertiary/aromatic N) is 2. The zero-order valence-electron chi connectivity index (χ0n) is 20.9. The molecule has 8 heteroatoms. The number of aromatic nitrogens is 1. The minimum Gasteiger partial charge on any atom is -0.340 e. The quantitative estimate of drug-likeness (QED) is 0.320. The molecule has 1 N–H and O–H groups in total. The van der Waals surface area contributed by atoms with E-state index >= 15 is 0 Å². The fraction of sp³-hybridized carbons (Fsp3) is 0.276. The van der Waals surface area contributed by atoms with Gasteiger partial charge in [-0.15, -0.1) is 0 Å². The summed E-state index contributed by atoms with van der Waals surface area (Å²) in [6.07, 6.45) is 1.52. The van der Waals surface area contributed by atoms with Gasteiger partial charge in [-0.3, -0.25) is 4.79 Å². The predicted molar refractivity (Wildman–Crippen MR) is 149 cm³/mol. The number of carbonyl (C=O) groups is 1. The predicted octanol–water partition coefficient (Wildman–Crippen LogP) is 6.18. The van der Waals surface area contributed by atoms with E-state index in [-0.39, 0.29) is 16.7 Å². The molecule has 2 heterocycles. The molecular weight excluding hydrogens is 506 g/mol. The molecule has 4 aromatic rings. The van der Waals surface area contributed by atoms with Crippen LogP contribution in [-0.2, 0) is 21.4 Å². The smallest absolute Gasteiger partial charge is 0.243 e. The van der Waals surface area contributed by atoms with Crippen LogP contribution in [0.3, 0.4) is 0 Å². The molecule has 0 aliphatic carbocycles. The minimum atomic E-state index is -3.60. The summed E-state index contributed by atoms with van der Waals surface area (Å²) >= 11 is 6.24. The molecular formula is C29H30ClN3O3S. The zero-order chi connectivity index (χ0) is 26.2. The van der Waals surface area contributed by atoms with Gasteiger partial charge < -0.3 is 9.88 Å². The van der Waals surface area contributed by atoms with Gasteiger partial charge in [0.1, 0.15) is 0 Å². The Kier molecular flexibility index (Phi) is 7.12. The van der Waals surface area contributed by atoms with Crippen LogP contribution in [0.15, 0.2) is 77.7 Å². The third-order valence-corrected chi connectivity index (χ3v) is 9.33. The van der Waals surface area contributed by atoms with Gasteiger partial charge in [-0.25, -0.2) is 8.42 Å². The number of nitrogens with one attached hydrogen (secondary N) is 1. The first-order valence-electron chi connectivity index (χ1n) is 12.4. The minimum absolute atomic E-state index is 0.193. The van der Waals surface area contributed by atoms with E-state index in [4.69, 9.17) is 11.6 Å². The lowest BCUT2D eigenvalue weighted by Gasteiger charge is -2.31. The van der Waals surface area contributed by atoms with E-state index in [9.17, 15) is 13.2 Å². The van der Waals surface area contributed by atoms with Gasteiger partial charge in [-0.1, -0.05) is 41.9 Å². The molecule has 0 radical (unpaired) electrons. The maximum absolute atomic E-state index is 13.3. The molecule has 3 aromatic carbocycles. The number of amides is 1. The van der Waals surface area contributed by atoms with Gasteiger partial charge in [0.05, 0.1) is 4.90 Å². The summed E-state index contributed by atoms with van der Waals surface area (Å²) in [4.78, 5) is 11.5. The number of para-hydroxylation sites is 1. The Bertz CT molecular complexity index is 1550. The molecule has 0 spiro atoms. The highest BCUT2D eigenvalue weighted by Crippen LogP contribution is 2.38. The van der Waals surface area contributed by atoms with Crippen molar-refractivity contribution in [2.24, 2.45) is 0 Å². The van der Waals surface area contributed by atoms with E-state index in [0.29, 0.717) is 18.8 Å². The van der Waals surface area contributed by atoms with Gasteiger partial charge in [0.25, 0.3) is 0 Å². The maximum Gasteiger partial charge on any atom is 0.243 e. The molecule has 1 amide bonds. The van der Waals surface area contributed by atoms with Crippen LogP contribution in [0.2, 0.25) is 5.02 Å². The second kappa shape index (κ2) is 10.3. The van der Waals surface area contributed by atoms with Crippen LogP contribution in [0.25, 0.3) is 10.9 Å². The summed E-state index contributed by atoms with van der Waals surface area (Å²) in [5.74, 6) is 0.0843. The number of rotatable bonds is 6. The van der Waals surface area contributed by atoms with Gasteiger partial charge >= 0.3 is 0 Å². The lowest BCUT2D eigenvalue weighted by molar-refractivity contribution is -0.114. The first-order chi connectivity index (χ1) is 17.7. The van der Waals surface area contributed by atoms with E-state index in [2.05, 4.69) is 47.1 Å². The van der Waals surface area contributed by atoms with Crippen molar-refractivity contribution in [3.8, 4) is 0 Å². The Balaban J connectivity index is 1.37. The highest BCUT2D eigenvalue weighted by Gasteiger charge is 2.32. The van der Waals surface area contributed by atoms with E-state index in [0.717, 1.165) is 30.0 Å². The van der Waals surface area contributed by atoms with Crippen molar-refractivity contribution in [3.05, 3.63) is 94.6 Å². The number of carbonyl (C=O) groups excluding carboxylic acids is 1. The largest absolute Gasteiger partial charge is 0.340 e. The zero-order valence-corrected chi connectivity index (χ0v) is 22.5. The van der Waals surface area contributed by atoms with Crippen molar-refractivity contribution in [2.75, 3.05) is 18.4 Å². The first-order valence-corrected chi connectivity index (χ1v) is 14.3. The third-order valence-electron chi connectivity index (χ3n) is 7.18. The van der Waals surface area contributed by atoms with Crippen LogP contribution in [0.4, 0.5) is 5.69 Å². The Morgan fingerprint density at radius 1 is 1.00 bits per heavy atom. The number of fused-ring (bicyclic) bond motifs is 1. The summed E-state index contributed by atoms with van der Waals surface area (Å²) in [6, 6.07) is 22.8. The van der Waals surface area contributed by atoms with Crippen LogP contribution in [-0.4, -0.2) is 36.3 Å². The van der Waals surface area contributed by atoms with Gasteiger partial charge in [0.2, 0.25) is 15.9 Å². The molecule has 0 atom stereocenters. The normalized spacial score (nSPS) is 15.2. The average Bonchev–Trinajstić information content (AvgIpc) is 3.15. The van der Waals surface area contributed by atoms with Crippen molar-refractivity contribution in [1.29, 1.82) is 0 Å². The number of anilines is 1. The SMILES string of the molecule is CC(=O)Nc1ccc(S(=O)(=O)N2CCC(c3c(C)n(Cc4cccc(Cl)c4)c4ccccc34)CC2)cc1.